The number of aromatic nitrogens is 1. The van der Waals surface area contributed by atoms with Crippen molar-refractivity contribution in [2.75, 3.05) is 17.3 Å². The zero-order valence-corrected chi connectivity index (χ0v) is 17.5. The number of rotatable bonds is 6. The second-order valence-corrected chi connectivity index (χ2v) is 10.3. The Morgan fingerprint density at radius 3 is 2.48 bits per heavy atom. The molecular formula is C21H28N2O5S. The van der Waals surface area contributed by atoms with Crippen molar-refractivity contribution in [2.45, 2.75) is 57.1 Å². The van der Waals surface area contributed by atoms with Crippen molar-refractivity contribution in [3.05, 3.63) is 40.8 Å². The molecule has 2 N–H and O–H groups in total. The first-order valence-corrected chi connectivity index (χ1v) is 12.1. The average Bonchev–Trinajstić information content (AvgIpc) is 2.85. The summed E-state index contributed by atoms with van der Waals surface area (Å²) in [5, 5.41) is 14.6. The molecule has 3 rings (SSSR count). The topological polar surface area (TPSA) is 105 Å². The van der Waals surface area contributed by atoms with Crippen molar-refractivity contribution in [2.24, 2.45) is 0 Å². The maximum Gasteiger partial charge on any atom is 0.258 e. The van der Waals surface area contributed by atoms with Crippen LogP contribution in [0.25, 0.3) is 10.8 Å². The number of hydrogen-bond acceptors (Lipinski definition) is 5. The third-order valence-electron chi connectivity index (χ3n) is 5.52. The van der Waals surface area contributed by atoms with Crippen LogP contribution in [0.2, 0.25) is 0 Å². The summed E-state index contributed by atoms with van der Waals surface area (Å²) in [7, 11) is -3.18. The van der Waals surface area contributed by atoms with E-state index < -0.39 is 15.4 Å². The second kappa shape index (κ2) is 8.67. The molecule has 1 amide bonds. The molecule has 0 aliphatic heterocycles. The number of aliphatic hydroxyl groups is 1. The number of benzene rings is 1. The van der Waals surface area contributed by atoms with Crippen LogP contribution in [-0.2, 0) is 21.2 Å². The Labute approximate surface area is 170 Å². The maximum absolute atomic E-state index is 12.7. The fourth-order valence-electron chi connectivity index (χ4n) is 3.92. The summed E-state index contributed by atoms with van der Waals surface area (Å²) >= 11 is 0. The first kappa shape index (κ1) is 21.5. The Morgan fingerprint density at radius 1 is 1.14 bits per heavy atom. The van der Waals surface area contributed by atoms with Crippen LogP contribution in [0.3, 0.4) is 0 Å². The highest BCUT2D eigenvalue weighted by atomic mass is 32.2. The molecule has 1 aromatic heterocycles. The number of nitrogens with zero attached hydrogens (tertiary/aromatic N) is 1. The Kier molecular flexibility index (Phi) is 6.43. The van der Waals surface area contributed by atoms with Gasteiger partial charge in [-0.1, -0.05) is 31.7 Å². The van der Waals surface area contributed by atoms with Gasteiger partial charge in [-0.25, -0.2) is 8.42 Å². The number of pyridine rings is 1. The zero-order valence-electron chi connectivity index (χ0n) is 16.7. The molecule has 0 spiro atoms. The summed E-state index contributed by atoms with van der Waals surface area (Å²) in [6.07, 6.45) is 7.98. The molecule has 0 atom stereocenters. The van der Waals surface area contributed by atoms with Crippen LogP contribution in [0.1, 0.15) is 44.9 Å². The van der Waals surface area contributed by atoms with E-state index in [2.05, 4.69) is 5.32 Å². The van der Waals surface area contributed by atoms with E-state index in [-0.39, 0.29) is 30.2 Å². The van der Waals surface area contributed by atoms with Crippen LogP contribution in [0.4, 0.5) is 5.69 Å². The molecule has 1 aliphatic rings. The predicted molar refractivity (Wildman–Crippen MR) is 114 cm³/mol. The van der Waals surface area contributed by atoms with Crippen molar-refractivity contribution >= 4 is 32.2 Å². The quantitative estimate of drug-likeness (QED) is 0.699. The van der Waals surface area contributed by atoms with Gasteiger partial charge >= 0.3 is 0 Å². The Bertz CT molecular complexity index is 1050. The van der Waals surface area contributed by atoms with Gasteiger partial charge in [-0.05, 0) is 31.0 Å². The Morgan fingerprint density at radius 2 is 1.83 bits per heavy atom. The first-order valence-electron chi connectivity index (χ1n) is 9.99. The number of anilines is 1. The number of nitrogens with one attached hydrogen (secondary N) is 1. The van der Waals surface area contributed by atoms with Gasteiger partial charge in [-0.2, -0.15) is 0 Å². The van der Waals surface area contributed by atoms with Crippen molar-refractivity contribution in [1.82, 2.24) is 4.57 Å². The van der Waals surface area contributed by atoms with Gasteiger partial charge in [0, 0.05) is 35.5 Å². The van der Waals surface area contributed by atoms with Crippen LogP contribution < -0.4 is 10.9 Å². The summed E-state index contributed by atoms with van der Waals surface area (Å²) in [6.45, 7) is 0.0806. The largest absolute Gasteiger partial charge is 0.389 e. The van der Waals surface area contributed by atoms with Crippen LogP contribution in [0.5, 0.6) is 0 Å². The molecule has 1 saturated carbocycles. The molecule has 0 unspecified atom stereocenters. The SMILES string of the molecule is CS(=O)(=O)CCn1ccc2c(NC(=O)CC3(O)CCCCCC3)cccc2c1=O. The molecule has 8 heteroatoms. The molecule has 29 heavy (non-hydrogen) atoms. The average molecular weight is 421 g/mol. The van der Waals surface area contributed by atoms with Crippen LogP contribution >= 0.6 is 0 Å². The zero-order chi connectivity index (χ0) is 21.1. The summed E-state index contributed by atoms with van der Waals surface area (Å²) in [5.41, 5.74) is -0.759. The highest BCUT2D eigenvalue weighted by molar-refractivity contribution is 7.90. The van der Waals surface area contributed by atoms with E-state index in [0.29, 0.717) is 29.3 Å². The van der Waals surface area contributed by atoms with Gasteiger partial charge in [0.2, 0.25) is 5.91 Å². The molecule has 7 nitrogen and oxygen atoms in total. The summed E-state index contributed by atoms with van der Waals surface area (Å²) in [4.78, 5) is 25.3. The maximum atomic E-state index is 12.7. The molecule has 1 aromatic carbocycles. The number of carbonyl (C=O) groups excluding carboxylic acids is 1. The van der Waals surface area contributed by atoms with Gasteiger partial charge in [0.05, 0.1) is 17.8 Å². The van der Waals surface area contributed by atoms with Crippen molar-refractivity contribution < 1.29 is 18.3 Å². The van der Waals surface area contributed by atoms with Crippen LogP contribution in [0.15, 0.2) is 35.3 Å². The lowest BCUT2D eigenvalue weighted by Gasteiger charge is -2.26. The number of aryl methyl sites for hydroxylation is 1. The predicted octanol–water partition coefficient (Wildman–Crippen LogP) is 2.46. The van der Waals surface area contributed by atoms with Crippen molar-refractivity contribution in [3.63, 3.8) is 0 Å². The van der Waals surface area contributed by atoms with Gasteiger partial charge in [0.1, 0.15) is 9.84 Å². The first-order chi connectivity index (χ1) is 13.7. The second-order valence-electron chi connectivity index (χ2n) is 8.07. The van der Waals surface area contributed by atoms with Gasteiger partial charge in [-0.15, -0.1) is 0 Å². The number of fused-ring (bicyclic) bond motifs is 1. The molecule has 158 valence electrons. The minimum absolute atomic E-state index is 0.0365. The Hall–Kier alpha value is -2.19. The summed E-state index contributed by atoms with van der Waals surface area (Å²) in [5.74, 6) is -0.392. The number of amides is 1. The molecule has 0 radical (unpaired) electrons. The highest BCUT2D eigenvalue weighted by Gasteiger charge is 2.30. The normalized spacial score (nSPS) is 17.0. The van der Waals surface area contributed by atoms with E-state index in [9.17, 15) is 23.1 Å². The summed E-state index contributed by atoms with van der Waals surface area (Å²) in [6, 6.07) is 6.76. The molecule has 2 aromatic rings. The molecular weight excluding hydrogens is 392 g/mol. The van der Waals surface area contributed by atoms with Crippen molar-refractivity contribution in [3.8, 4) is 0 Å². The van der Waals surface area contributed by atoms with Gasteiger partial charge < -0.3 is 15.0 Å². The standard InChI is InChI=1S/C21H28N2O5S/c1-29(27,28)14-13-23-12-9-16-17(20(23)25)7-6-8-18(16)22-19(24)15-21(26)10-4-2-3-5-11-21/h6-9,12,26H,2-5,10-11,13-15H2,1H3,(H,22,24). The van der Waals surface area contributed by atoms with Gasteiger partial charge in [0.15, 0.2) is 0 Å². The van der Waals surface area contributed by atoms with Gasteiger partial charge in [-0.3, -0.25) is 9.59 Å². The minimum atomic E-state index is -3.18. The van der Waals surface area contributed by atoms with E-state index in [4.69, 9.17) is 0 Å². The molecule has 0 saturated heterocycles. The number of hydrogen-bond donors (Lipinski definition) is 2. The monoisotopic (exact) mass is 420 g/mol. The fourth-order valence-corrected chi connectivity index (χ4v) is 4.45. The molecule has 1 heterocycles. The molecule has 1 fully saturated rings. The van der Waals surface area contributed by atoms with E-state index in [1.165, 1.54) is 4.57 Å². The lowest BCUT2D eigenvalue weighted by Crippen LogP contribution is -2.33. The third-order valence-corrected chi connectivity index (χ3v) is 6.44. The Balaban J connectivity index is 1.80. The fraction of sp³-hybridized carbons (Fsp3) is 0.524. The van der Waals surface area contributed by atoms with Crippen molar-refractivity contribution in [1.29, 1.82) is 0 Å². The van der Waals surface area contributed by atoms with E-state index in [0.717, 1.165) is 31.9 Å². The van der Waals surface area contributed by atoms with Gasteiger partial charge in [0.25, 0.3) is 5.56 Å². The highest BCUT2D eigenvalue weighted by Crippen LogP contribution is 2.30. The minimum Gasteiger partial charge on any atom is -0.389 e. The lowest BCUT2D eigenvalue weighted by molar-refractivity contribution is -0.121. The molecule has 0 bridgehead atoms. The lowest BCUT2D eigenvalue weighted by atomic mass is 9.90. The molecule has 1 aliphatic carbocycles. The number of sulfone groups is 1. The third kappa shape index (κ3) is 5.67. The van der Waals surface area contributed by atoms with Crippen LogP contribution in [-0.4, -0.2) is 41.6 Å². The smallest absolute Gasteiger partial charge is 0.258 e. The van der Waals surface area contributed by atoms with E-state index in [1.54, 1.807) is 30.5 Å². The number of carbonyl (C=O) groups is 1. The van der Waals surface area contributed by atoms with E-state index >= 15 is 0 Å². The van der Waals surface area contributed by atoms with Crippen LogP contribution in [0, 0.1) is 0 Å². The van der Waals surface area contributed by atoms with E-state index in [1.807, 2.05) is 0 Å². The summed E-state index contributed by atoms with van der Waals surface area (Å²) < 4.78 is 24.1.